The maximum Gasteiger partial charge on any atom is 0.264 e. The molecule has 1 fully saturated rings. The van der Waals surface area contributed by atoms with E-state index in [1.807, 2.05) is 18.2 Å². The second kappa shape index (κ2) is 7.91. The summed E-state index contributed by atoms with van der Waals surface area (Å²) in [7, 11) is 0. The standard InChI is InChI=1S/C24H27FN2O2S/c1-23(2,3)17-11-14(12-18(20(17)28)24(4,5)6)13-19-21(29)27-22(30-19)26-16-9-7-15(25)8-10-16/h7-13,28H,1-6H3,(H,26,27,29)/b19-13-. The van der Waals surface area contributed by atoms with Gasteiger partial charge in [0.25, 0.3) is 5.91 Å². The number of aromatic hydroxyl groups is 1. The third kappa shape index (κ3) is 4.93. The zero-order valence-corrected chi connectivity index (χ0v) is 18.9. The first kappa shape index (κ1) is 22.1. The van der Waals surface area contributed by atoms with Crippen molar-refractivity contribution in [3.05, 3.63) is 63.8 Å². The predicted octanol–water partition coefficient (Wildman–Crippen LogP) is 6.02. The molecule has 2 N–H and O–H groups in total. The molecule has 1 saturated heterocycles. The van der Waals surface area contributed by atoms with E-state index in [0.29, 0.717) is 21.5 Å². The van der Waals surface area contributed by atoms with Crippen LogP contribution in [-0.2, 0) is 15.6 Å². The molecule has 0 saturated carbocycles. The van der Waals surface area contributed by atoms with E-state index in [0.717, 1.165) is 16.7 Å². The summed E-state index contributed by atoms with van der Waals surface area (Å²) < 4.78 is 13.1. The van der Waals surface area contributed by atoms with Crippen LogP contribution in [0.1, 0.15) is 58.2 Å². The van der Waals surface area contributed by atoms with Gasteiger partial charge in [0.2, 0.25) is 0 Å². The number of hydrogen-bond donors (Lipinski definition) is 2. The van der Waals surface area contributed by atoms with Gasteiger partial charge in [-0.05, 0) is 70.6 Å². The SMILES string of the molecule is CC(C)(C)c1cc(/C=C2\SC(=Nc3ccc(F)cc3)NC2=O)cc(C(C)(C)C)c1O. The molecule has 0 unspecified atom stereocenters. The quantitative estimate of drug-likeness (QED) is 0.578. The van der Waals surface area contributed by atoms with Crippen molar-refractivity contribution < 1.29 is 14.3 Å². The summed E-state index contributed by atoms with van der Waals surface area (Å²) in [5.41, 5.74) is 2.59. The van der Waals surface area contributed by atoms with Crippen molar-refractivity contribution in [2.45, 2.75) is 52.4 Å². The topological polar surface area (TPSA) is 61.7 Å². The number of nitrogens with zero attached hydrogens (tertiary/aromatic N) is 1. The Morgan fingerprint density at radius 3 is 2.03 bits per heavy atom. The van der Waals surface area contributed by atoms with Crippen molar-refractivity contribution >= 4 is 34.6 Å². The van der Waals surface area contributed by atoms with Crippen molar-refractivity contribution in [2.75, 3.05) is 0 Å². The van der Waals surface area contributed by atoms with Crippen molar-refractivity contribution in [3.8, 4) is 5.75 Å². The lowest BCUT2D eigenvalue weighted by atomic mass is 9.78. The molecule has 0 radical (unpaired) electrons. The van der Waals surface area contributed by atoms with Gasteiger partial charge in [0, 0.05) is 11.1 Å². The second-order valence-corrected chi connectivity index (χ2v) is 10.5. The van der Waals surface area contributed by atoms with Crippen LogP contribution in [0, 0.1) is 5.82 Å². The molecular formula is C24H27FN2O2S. The van der Waals surface area contributed by atoms with Gasteiger partial charge in [-0.2, -0.15) is 0 Å². The number of carbonyl (C=O) groups is 1. The largest absolute Gasteiger partial charge is 0.507 e. The number of nitrogens with one attached hydrogen (secondary N) is 1. The van der Waals surface area contributed by atoms with Crippen LogP contribution in [0.5, 0.6) is 5.75 Å². The molecule has 0 aromatic heterocycles. The van der Waals surface area contributed by atoms with E-state index in [-0.39, 0.29) is 22.6 Å². The third-order valence-corrected chi connectivity index (χ3v) is 5.66. The van der Waals surface area contributed by atoms with Gasteiger partial charge in [-0.25, -0.2) is 9.38 Å². The molecular weight excluding hydrogens is 399 g/mol. The molecule has 158 valence electrons. The Labute approximate surface area is 181 Å². The Bertz CT molecular complexity index is 1010. The zero-order valence-electron chi connectivity index (χ0n) is 18.1. The number of amidine groups is 1. The van der Waals surface area contributed by atoms with Gasteiger partial charge in [0.1, 0.15) is 11.6 Å². The molecule has 1 heterocycles. The Kier molecular flexibility index (Phi) is 5.83. The number of carbonyl (C=O) groups excluding carboxylic acids is 1. The lowest BCUT2D eigenvalue weighted by Gasteiger charge is -2.28. The number of amides is 1. The van der Waals surface area contributed by atoms with Gasteiger partial charge >= 0.3 is 0 Å². The number of halogens is 1. The van der Waals surface area contributed by atoms with Crippen molar-refractivity contribution in [3.63, 3.8) is 0 Å². The minimum atomic E-state index is -0.334. The van der Waals surface area contributed by atoms with Crippen molar-refractivity contribution in [1.82, 2.24) is 5.32 Å². The Balaban J connectivity index is 2.00. The number of phenols is 1. The van der Waals surface area contributed by atoms with Gasteiger partial charge in [0.05, 0.1) is 10.6 Å². The fraction of sp³-hybridized carbons (Fsp3) is 0.333. The summed E-state index contributed by atoms with van der Waals surface area (Å²) in [4.78, 5) is 17.4. The first-order valence-electron chi connectivity index (χ1n) is 9.78. The molecule has 30 heavy (non-hydrogen) atoms. The maximum absolute atomic E-state index is 13.1. The normalized spacial score (nSPS) is 17.6. The highest BCUT2D eigenvalue weighted by Gasteiger charge is 2.28. The molecule has 2 aromatic rings. The Morgan fingerprint density at radius 2 is 1.53 bits per heavy atom. The summed E-state index contributed by atoms with van der Waals surface area (Å²) in [5, 5.41) is 14.1. The van der Waals surface area contributed by atoms with Crippen LogP contribution in [0.15, 0.2) is 46.3 Å². The van der Waals surface area contributed by atoms with Crippen molar-refractivity contribution in [2.24, 2.45) is 4.99 Å². The molecule has 4 nitrogen and oxygen atoms in total. The van der Waals surface area contributed by atoms with E-state index >= 15 is 0 Å². The van der Waals surface area contributed by atoms with E-state index in [1.54, 1.807) is 12.1 Å². The molecule has 0 spiro atoms. The van der Waals surface area contributed by atoms with Gasteiger partial charge in [-0.3, -0.25) is 4.79 Å². The fourth-order valence-corrected chi connectivity index (χ4v) is 3.99. The summed E-state index contributed by atoms with van der Waals surface area (Å²) in [6.45, 7) is 12.3. The number of thioether (sulfide) groups is 1. The average Bonchev–Trinajstić information content (AvgIpc) is 2.95. The monoisotopic (exact) mass is 426 g/mol. The highest BCUT2D eigenvalue weighted by Crippen LogP contribution is 2.40. The summed E-state index contributed by atoms with van der Waals surface area (Å²) in [6, 6.07) is 9.64. The summed E-state index contributed by atoms with van der Waals surface area (Å²) in [5.74, 6) is -0.262. The first-order chi connectivity index (χ1) is 13.8. The van der Waals surface area contributed by atoms with E-state index in [1.165, 1.54) is 23.9 Å². The van der Waals surface area contributed by atoms with Crippen LogP contribution >= 0.6 is 11.8 Å². The highest BCUT2D eigenvalue weighted by atomic mass is 32.2. The van der Waals surface area contributed by atoms with Gasteiger partial charge in [-0.15, -0.1) is 0 Å². The second-order valence-electron chi connectivity index (χ2n) is 9.42. The molecule has 0 aliphatic carbocycles. The number of benzene rings is 2. The number of aliphatic imine (C=N–C) groups is 1. The summed E-state index contributed by atoms with van der Waals surface area (Å²) in [6.07, 6.45) is 1.82. The van der Waals surface area contributed by atoms with Gasteiger partial charge < -0.3 is 10.4 Å². The summed E-state index contributed by atoms with van der Waals surface area (Å²) >= 11 is 1.24. The lowest BCUT2D eigenvalue weighted by Crippen LogP contribution is -2.19. The van der Waals surface area contributed by atoms with Crippen LogP contribution in [-0.4, -0.2) is 16.2 Å². The van der Waals surface area contributed by atoms with E-state index < -0.39 is 0 Å². The highest BCUT2D eigenvalue weighted by molar-refractivity contribution is 8.18. The average molecular weight is 427 g/mol. The van der Waals surface area contributed by atoms with E-state index in [9.17, 15) is 14.3 Å². The van der Waals surface area contributed by atoms with Crippen molar-refractivity contribution in [1.29, 1.82) is 0 Å². The molecule has 2 aromatic carbocycles. The minimum Gasteiger partial charge on any atom is -0.507 e. The lowest BCUT2D eigenvalue weighted by molar-refractivity contribution is -0.115. The van der Waals surface area contributed by atoms with Gasteiger partial charge in [0.15, 0.2) is 5.17 Å². The zero-order chi connectivity index (χ0) is 22.3. The molecule has 3 rings (SSSR count). The molecule has 0 atom stereocenters. The van der Waals surface area contributed by atoms with Crippen LogP contribution in [0.25, 0.3) is 6.08 Å². The molecule has 6 heteroatoms. The minimum absolute atomic E-state index is 0.233. The number of rotatable bonds is 2. The van der Waals surface area contributed by atoms with Crippen LogP contribution < -0.4 is 5.32 Å². The number of hydrogen-bond acceptors (Lipinski definition) is 4. The van der Waals surface area contributed by atoms with Crippen LogP contribution in [0.3, 0.4) is 0 Å². The molecule has 0 bridgehead atoms. The van der Waals surface area contributed by atoms with E-state index in [2.05, 4.69) is 51.9 Å². The Morgan fingerprint density at radius 1 is 1.00 bits per heavy atom. The molecule has 1 aliphatic heterocycles. The predicted molar refractivity (Wildman–Crippen MR) is 123 cm³/mol. The number of phenolic OH excluding ortho intramolecular Hbond substituents is 1. The maximum atomic E-state index is 13.1. The smallest absolute Gasteiger partial charge is 0.264 e. The third-order valence-electron chi connectivity index (χ3n) is 4.75. The van der Waals surface area contributed by atoms with Crippen LogP contribution in [0.4, 0.5) is 10.1 Å². The van der Waals surface area contributed by atoms with Crippen LogP contribution in [0.2, 0.25) is 0 Å². The molecule has 1 aliphatic rings. The van der Waals surface area contributed by atoms with E-state index in [4.69, 9.17) is 0 Å². The fourth-order valence-electron chi connectivity index (χ4n) is 3.15. The molecule has 1 amide bonds. The first-order valence-corrected chi connectivity index (χ1v) is 10.6. The Hall–Kier alpha value is -2.60. The van der Waals surface area contributed by atoms with Gasteiger partial charge in [-0.1, -0.05) is 41.5 Å².